The van der Waals surface area contributed by atoms with Crippen LogP contribution in [0, 0.1) is 11.6 Å². The van der Waals surface area contributed by atoms with E-state index in [4.69, 9.17) is 4.74 Å². The predicted octanol–water partition coefficient (Wildman–Crippen LogP) is 3.22. The third kappa shape index (κ3) is 6.67. The average Bonchev–Trinajstić information content (AvgIpc) is 3.19. The summed E-state index contributed by atoms with van der Waals surface area (Å²) in [4.78, 5) is 18.8. The van der Waals surface area contributed by atoms with E-state index in [9.17, 15) is 13.6 Å². The van der Waals surface area contributed by atoms with Gasteiger partial charge in [0.2, 0.25) is 5.91 Å². The number of nitrogens with zero attached hydrogens (tertiary/aromatic N) is 2. The fraction of sp³-hybridized carbons (Fsp3) is 0.391. The van der Waals surface area contributed by atoms with E-state index in [1.165, 1.54) is 17.2 Å². The maximum absolute atomic E-state index is 13.6. The number of halogens is 2. The van der Waals surface area contributed by atoms with E-state index in [0.717, 1.165) is 12.1 Å². The molecule has 0 aliphatic carbocycles. The van der Waals surface area contributed by atoms with Crippen LogP contribution < -0.4 is 15.4 Å². The Balaban J connectivity index is 1.37. The molecule has 1 amide bonds. The van der Waals surface area contributed by atoms with Crippen LogP contribution in [-0.2, 0) is 17.9 Å². The van der Waals surface area contributed by atoms with Crippen molar-refractivity contribution in [3.63, 3.8) is 0 Å². The van der Waals surface area contributed by atoms with Crippen molar-refractivity contribution in [2.75, 3.05) is 26.2 Å². The largest absolute Gasteiger partial charge is 0.489 e. The first-order valence-electron chi connectivity index (χ1n) is 10.5. The Morgan fingerprint density at radius 3 is 2.55 bits per heavy atom. The molecule has 0 saturated carbocycles. The van der Waals surface area contributed by atoms with Crippen molar-refractivity contribution in [3.8, 4) is 5.75 Å². The monoisotopic (exact) mass is 430 g/mol. The zero-order valence-electron chi connectivity index (χ0n) is 17.7. The standard InChI is InChI=1S/C23H28F2N4O2/c1-2-26-23(28-12-13-31-21-10-9-19(24)14-20(21)25)27-11-5-8-22(30)29-15-17-6-3-4-7-18(17)16-29/h3-4,6-7,9-10,14H,2,5,8,11-13,15-16H2,1H3,(H2,26,27,28). The summed E-state index contributed by atoms with van der Waals surface area (Å²) in [6, 6.07) is 11.3. The lowest BCUT2D eigenvalue weighted by atomic mass is 10.1. The number of rotatable bonds is 9. The Morgan fingerprint density at radius 2 is 1.87 bits per heavy atom. The summed E-state index contributed by atoms with van der Waals surface area (Å²) in [6.45, 7) is 5.10. The van der Waals surface area contributed by atoms with Crippen LogP contribution >= 0.6 is 0 Å². The summed E-state index contributed by atoms with van der Waals surface area (Å²) in [5.41, 5.74) is 2.44. The number of fused-ring (bicyclic) bond motifs is 1. The molecule has 0 radical (unpaired) electrons. The number of amides is 1. The number of hydrogen-bond donors (Lipinski definition) is 2. The lowest BCUT2D eigenvalue weighted by molar-refractivity contribution is -0.131. The van der Waals surface area contributed by atoms with Crippen molar-refractivity contribution in [2.45, 2.75) is 32.9 Å². The van der Waals surface area contributed by atoms with Crippen molar-refractivity contribution in [1.82, 2.24) is 15.5 Å². The summed E-state index contributed by atoms with van der Waals surface area (Å²) < 4.78 is 31.8. The Labute approximate surface area is 181 Å². The van der Waals surface area contributed by atoms with Crippen LogP contribution in [0.4, 0.5) is 8.78 Å². The van der Waals surface area contributed by atoms with Crippen molar-refractivity contribution in [2.24, 2.45) is 4.99 Å². The van der Waals surface area contributed by atoms with E-state index in [1.807, 2.05) is 24.0 Å². The van der Waals surface area contributed by atoms with Crippen molar-refractivity contribution in [1.29, 1.82) is 0 Å². The third-order valence-corrected chi connectivity index (χ3v) is 4.90. The molecule has 0 spiro atoms. The van der Waals surface area contributed by atoms with E-state index in [2.05, 4.69) is 27.8 Å². The first kappa shape index (κ1) is 22.5. The molecule has 2 aromatic carbocycles. The second-order valence-electron chi connectivity index (χ2n) is 7.23. The molecule has 2 aromatic rings. The van der Waals surface area contributed by atoms with Crippen LogP contribution in [0.15, 0.2) is 47.5 Å². The summed E-state index contributed by atoms with van der Waals surface area (Å²) in [5, 5.41) is 6.22. The molecule has 1 heterocycles. The molecule has 0 unspecified atom stereocenters. The second kappa shape index (κ2) is 11.3. The van der Waals surface area contributed by atoms with E-state index in [1.54, 1.807) is 0 Å². The van der Waals surface area contributed by atoms with Crippen LogP contribution in [0.5, 0.6) is 5.75 Å². The molecular formula is C23H28F2N4O2. The highest BCUT2D eigenvalue weighted by molar-refractivity contribution is 5.80. The van der Waals surface area contributed by atoms with E-state index in [-0.39, 0.29) is 18.3 Å². The molecule has 1 aliphatic rings. The van der Waals surface area contributed by atoms with Gasteiger partial charge in [-0.2, -0.15) is 0 Å². The maximum atomic E-state index is 13.6. The minimum atomic E-state index is -0.730. The smallest absolute Gasteiger partial charge is 0.223 e. The quantitative estimate of drug-likeness (QED) is 0.364. The van der Waals surface area contributed by atoms with Gasteiger partial charge in [0.1, 0.15) is 12.4 Å². The lowest BCUT2D eigenvalue weighted by Crippen LogP contribution is -2.39. The minimum absolute atomic E-state index is 0.00714. The summed E-state index contributed by atoms with van der Waals surface area (Å²) >= 11 is 0. The van der Waals surface area contributed by atoms with Crippen molar-refractivity contribution in [3.05, 3.63) is 65.2 Å². The zero-order chi connectivity index (χ0) is 22.1. The fourth-order valence-electron chi connectivity index (χ4n) is 3.35. The second-order valence-corrected chi connectivity index (χ2v) is 7.23. The van der Waals surface area contributed by atoms with Crippen LogP contribution in [0.25, 0.3) is 0 Å². The van der Waals surface area contributed by atoms with Gasteiger partial charge in [-0.15, -0.1) is 0 Å². The van der Waals surface area contributed by atoms with Gasteiger partial charge in [0.15, 0.2) is 17.5 Å². The average molecular weight is 430 g/mol. The molecular weight excluding hydrogens is 402 g/mol. The Kier molecular flexibility index (Phi) is 8.20. The first-order chi connectivity index (χ1) is 15.1. The number of ether oxygens (including phenoxy) is 1. The lowest BCUT2D eigenvalue weighted by Gasteiger charge is -2.15. The SMILES string of the molecule is CCNC(=NCCCC(=O)N1Cc2ccccc2C1)NCCOc1ccc(F)cc1F. The molecule has 2 N–H and O–H groups in total. The number of benzene rings is 2. The van der Waals surface area contributed by atoms with Gasteiger partial charge in [-0.1, -0.05) is 24.3 Å². The van der Waals surface area contributed by atoms with Crippen LogP contribution in [0.1, 0.15) is 30.9 Å². The number of carbonyl (C=O) groups excluding carboxylic acids is 1. The van der Waals surface area contributed by atoms with Gasteiger partial charge in [0.05, 0.1) is 6.54 Å². The molecule has 6 nitrogen and oxygen atoms in total. The van der Waals surface area contributed by atoms with Gasteiger partial charge in [-0.05, 0) is 36.6 Å². The normalized spacial score (nSPS) is 13.1. The summed E-state index contributed by atoms with van der Waals surface area (Å²) in [5.74, 6) is -0.623. The molecule has 0 saturated heterocycles. The summed E-state index contributed by atoms with van der Waals surface area (Å²) in [7, 11) is 0. The number of aliphatic imine (C=N–C) groups is 1. The van der Waals surface area contributed by atoms with E-state index >= 15 is 0 Å². The highest BCUT2D eigenvalue weighted by Crippen LogP contribution is 2.23. The first-order valence-corrected chi connectivity index (χ1v) is 10.5. The molecule has 0 fully saturated rings. The van der Waals surface area contributed by atoms with Crippen LogP contribution in [0.2, 0.25) is 0 Å². The van der Waals surface area contributed by atoms with E-state index in [0.29, 0.717) is 51.5 Å². The topological polar surface area (TPSA) is 66.0 Å². The molecule has 8 heteroatoms. The maximum Gasteiger partial charge on any atom is 0.223 e. The Hall–Kier alpha value is -3.16. The van der Waals surface area contributed by atoms with Crippen molar-refractivity contribution >= 4 is 11.9 Å². The van der Waals surface area contributed by atoms with Gasteiger partial charge >= 0.3 is 0 Å². The zero-order valence-corrected chi connectivity index (χ0v) is 17.7. The van der Waals surface area contributed by atoms with Gasteiger partial charge in [-0.3, -0.25) is 9.79 Å². The van der Waals surface area contributed by atoms with Crippen molar-refractivity contribution < 1.29 is 18.3 Å². The Morgan fingerprint density at radius 1 is 1.13 bits per heavy atom. The van der Waals surface area contributed by atoms with Gasteiger partial charge < -0.3 is 20.3 Å². The van der Waals surface area contributed by atoms with Crippen LogP contribution in [-0.4, -0.2) is 43.0 Å². The Bertz CT molecular complexity index is 895. The van der Waals surface area contributed by atoms with Gasteiger partial charge in [0.25, 0.3) is 0 Å². The summed E-state index contributed by atoms with van der Waals surface area (Å²) in [6.07, 6.45) is 1.10. The third-order valence-electron chi connectivity index (χ3n) is 4.90. The number of carbonyl (C=O) groups is 1. The predicted molar refractivity (Wildman–Crippen MR) is 116 cm³/mol. The van der Waals surface area contributed by atoms with Gasteiger partial charge in [-0.25, -0.2) is 8.78 Å². The molecule has 0 atom stereocenters. The van der Waals surface area contributed by atoms with E-state index < -0.39 is 11.6 Å². The number of nitrogens with one attached hydrogen (secondary N) is 2. The molecule has 0 aromatic heterocycles. The minimum Gasteiger partial charge on any atom is -0.489 e. The molecule has 1 aliphatic heterocycles. The molecule has 3 rings (SSSR count). The van der Waals surface area contributed by atoms with Gasteiger partial charge in [0, 0.05) is 38.7 Å². The highest BCUT2D eigenvalue weighted by Gasteiger charge is 2.22. The number of hydrogen-bond acceptors (Lipinski definition) is 3. The molecule has 166 valence electrons. The molecule has 0 bridgehead atoms. The fourth-order valence-corrected chi connectivity index (χ4v) is 3.35. The molecule has 31 heavy (non-hydrogen) atoms. The number of guanidine groups is 1. The van der Waals surface area contributed by atoms with Crippen LogP contribution in [0.3, 0.4) is 0 Å². The highest BCUT2D eigenvalue weighted by atomic mass is 19.1.